The van der Waals surface area contributed by atoms with E-state index in [0.717, 1.165) is 5.01 Å². The normalized spacial score (nSPS) is 10.7. The van der Waals surface area contributed by atoms with Crippen LogP contribution in [0, 0.1) is 12.8 Å². The van der Waals surface area contributed by atoms with Gasteiger partial charge in [-0.2, -0.15) is 0 Å². The van der Waals surface area contributed by atoms with Gasteiger partial charge < -0.3 is 10.4 Å². The second-order valence-corrected chi connectivity index (χ2v) is 5.61. The lowest BCUT2D eigenvalue weighted by atomic mass is 10.1. The van der Waals surface area contributed by atoms with Gasteiger partial charge in [0.05, 0.1) is 10.7 Å². The van der Waals surface area contributed by atoms with Crippen LogP contribution in [0.5, 0.6) is 0 Å². The molecule has 0 spiro atoms. The van der Waals surface area contributed by atoms with Gasteiger partial charge in [0.25, 0.3) is 0 Å². The van der Waals surface area contributed by atoms with Gasteiger partial charge in [-0.15, -0.1) is 11.3 Å². The summed E-state index contributed by atoms with van der Waals surface area (Å²) < 4.78 is 0. The summed E-state index contributed by atoms with van der Waals surface area (Å²) in [7, 11) is 0. The van der Waals surface area contributed by atoms with E-state index in [4.69, 9.17) is 5.11 Å². The van der Waals surface area contributed by atoms with Crippen molar-refractivity contribution in [2.75, 3.05) is 6.54 Å². The first-order chi connectivity index (χ1) is 8.40. The minimum Gasteiger partial charge on any atom is -0.477 e. The number of rotatable bonds is 6. The Balaban J connectivity index is 2.42. The summed E-state index contributed by atoms with van der Waals surface area (Å²) in [5, 5.41) is 12.4. The van der Waals surface area contributed by atoms with Crippen molar-refractivity contribution < 1.29 is 14.7 Å². The van der Waals surface area contributed by atoms with Crippen molar-refractivity contribution in [3.63, 3.8) is 0 Å². The summed E-state index contributed by atoms with van der Waals surface area (Å²) in [6, 6.07) is 0. The number of aromatic carboxylic acids is 1. The van der Waals surface area contributed by atoms with E-state index in [2.05, 4.69) is 10.3 Å². The lowest BCUT2D eigenvalue weighted by molar-refractivity contribution is -0.121. The molecule has 5 nitrogen and oxygen atoms in total. The van der Waals surface area contributed by atoms with Crippen LogP contribution in [0.25, 0.3) is 0 Å². The zero-order chi connectivity index (χ0) is 13.7. The molecule has 18 heavy (non-hydrogen) atoms. The lowest BCUT2D eigenvalue weighted by Gasteiger charge is -2.05. The Morgan fingerprint density at radius 3 is 2.61 bits per heavy atom. The summed E-state index contributed by atoms with van der Waals surface area (Å²) in [4.78, 5) is 26.7. The van der Waals surface area contributed by atoms with E-state index < -0.39 is 5.97 Å². The quantitative estimate of drug-likeness (QED) is 0.827. The highest BCUT2D eigenvalue weighted by atomic mass is 32.1. The number of hydrogen-bond donors (Lipinski definition) is 2. The van der Waals surface area contributed by atoms with E-state index >= 15 is 0 Å². The number of carbonyl (C=O) groups is 2. The average Bonchev–Trinajstić information content (AvgIpc) is 2.58. The maximum Gasteiger partial charge on any atom is 0.347 e. The maximum absolute atomic E-state index is 11.4. The van der Waals surface area contributed by atoms with Crippen LogP contribution in [0.15, 0.2) is 0 Å². The molecule has 0 bridgehead atoms. The van der Waals surface area contributed by atoms with Gasteiger partial charge in [0.2, 0.25) is 5.91 Å². The van der Waals surface area contributed by atoms with Crippen LogP contribution in [0.3, 0.4) is 0 Å². The Bertz CT molecular complexity index is 441. The molecule has 0 saturated carbocycles. The lowest BCUT2D eigenvalue weighted by Crippen LogP contribution is -2.26. The molecule has 1 amide bonds. The SMILES string of the molecule is Cc1nc(CCNC(=O)CC(C)C)sc1C(=O)O. The highest BCUT2D eigenvalue weighted by Crippen LogP contribution is 2.18. The van der Waals surface area contributed by atoms with Crippen LogP contribution in [0.4, 0.5) is 0 Å². The monoisotopic (exact) mass is 270 g/mol. The van der Waals surface area contributed by atoms with Crippen LogP contribution >= 0.6 is 11.3 Å². The molecule has 0 atom stereocenters. The van der Waals surface area contributed by atoms with E-state index in [1.54, 1.807) is 6.92 Å². The number of amides is 1. The number of carbonyl (C=O) groups excluding carboxylic acids is 1. The summed E-state index contributed by atoms with van der Waals surface area (Å²) >= 11 is 1.17. The standard InChI is InChI=1S/C12H18N2O3S/c1-7(2)6-9(15)13-5-4-10-14-8(3)11(18-10)12(16)17/h7H,4-6H2,1-3H3,(H,13,15)(H,16,17). The molecule has 0 fully saturated rings. The van der Waals surface area contributed by atoms with Crippen molar-refractivity contribution in [2.24, 2.45) is 5.92 Å². The van der Waals surface area contributed by atoms with Crippen LogP contribution < -0.4 is 5.32 Å². The number of aryl methyl sites for hydroxylation is 1. The molecule has 1 aromatic rings. The number of thiazole rings is 1. The fourth-order valence-electron chi connectivity index (χ4n) is 1.51. The van der Waals surface area contributed by atoms with Gasteiger partial charge in [0, 0.05) is 19.4 Å². The van der Waals surface area contributed by atoms with Gasteiger partial charge in [-0.25, -0.2) is 9.78 Å². The fourth-order valence-corrected chi connectivity index (χ4v) is 2.41. The molecule has 2 N–H and O–H groups in total. The minimum absolute atomic E-state index is 0.0248. The average molecular weight is 270 g/mol. The Kier molecular flexibility index (Phi) is 5.27. The van der Waals surface area contributed by atoms with Gasteiger partial charge in [-0.3, -0.25) is 4.79 Å². The molecule has 6 heteroatoms. The second kappa shape index (κ2) is 6.49. The van der Waals surface area contributed by atoms with E-state index in [9.17, 15) is 9.59 Å². The number of nitrogens with zero attached hydrogens (tertiary/aromatic N) is 1. The van der Waals surface area contributed by atoms with Crippen molar-refractivity contribution in [1.29, 1.82) is 0 Å². The molecule has 100 valence electrons. The zero-order valence-corrected chi connectivity index (χ0v) is 11.6. The molecular weight excluding hydrogens is 252 g/mol. The summed E-state index contributed by atoms with van der Waals surface area (Å²) in [6.45, 7) is 6.16. The molecular formula is C12H18N2O3S. The zero-order valence-electron chi connectivity index (χ0n) is 10.8. The predicted octanol–water partition coefficient (Wildman–Crippen LogP) is 1.85. The van der Waals surface area contributed by atoms with E-state index in [1.165, 1.54) is 11.3 Å². The fraction of sp³-hybridized carbons (Fsp3) is 0.583. The first-order valence-corrected chi connectivity index (χ1v) is 6.68. The van der Waals surface area contributed by atoms with Gasteiger partial charge in [-0.05, 0) is 12.8 Å². The molecule has 0 unspecified atom stereocenters. The van der Waals surface area contributed by atoms with Crippen LogP contribution in [0.2, 0.25) is 0 Å². The number of carboxylic acid groups (broad SMARTS) is 1. The summed E-state index contributed by atoms with van der Waals surface area (Å²) in [6.07, 6.45) is 1.08. The Labute approximate surface area is 110 Å². The van der Waals surface area contributed by atoms with Crippen molar-refractivity contribution in [1.82, 2.24) is 10.3 Å². The van der Waals surface area contributed by atoms with Crippen molar-refractivity contribution in [2.45, 2.75) is 33.6 Å². The molecule has 0 aliphatic heterocycles. The molecule has 0 aliphatic rings. The third-order valence-electron chi connectivity index (χ3n) is 2.29. The van der Waals surface area contributed by atoms with Crippen LogP contribution in [-0.2, 0) is 11.2 Å². The highest BCUT2D eigenvalue weighted by Gasteiger charge is 2.13. The van der Waals surface area contributed by atoms with Crippen LogP contribution in [0.1, 0.15) is 40.6 Å². The molecule has 0 aromatic carbocycles. The van der Waals surface area contributed by atoms with Crippen LogP contribution in [-0.4, -0.2) is 28.5 Å². The highest BCUT2D eigenvalue weighted by molar-refractivity contribution is 7.13. The number of hydrogen-bond acceptors (Lipinski definition) is 4. The Morgan fingerprint density at radius 1 is 1.44 bits per heavy atom. The number of nitrogens with one attached hydrogen (secondary N) is 1. The van der Waals surface area contributed by atoms with Gasteiger partial charge >= 0.3 is 5.97 Å². The van der Waals surface area contributed by atoms with Crippen molar-refractivity contribution in [3.05, 3.63) is 15.6 Å². The molecule has 1 aromatic heterocycles. The third kappa shape index (κ3) is 4.44. The summed E-state index contributed by atoms with van der Waals surface area (Å²) in [5.74, 6) is -0.581. The maximum atomic E-state index is 11.4. The molecule has 0 radical (unpaired) electrons. The van der Waals surface area contributed by atoms with E-state index in [0.29, 0.717) is 31.0 Å². The predicted molar refractivity (Wildman–Crippen MR) is 70.0 cm³/mol. The smallest absolute Gasteiger partial charge is 0.347 e. The van der Waals surface area contributed by atoms with Crippen molar-refractivity contribution >= 4 is 23.2 Å². The first kappa shape index (κ1) is 14.6. The topological polar surface area (TPSA) is 79.3 Å². The Hall–Kier alpha value is -1.43. The molecule has 0 saturated heterocycles. The number of aromatic nitrogens is 1. The van der Waals surface area contributed by atoms with Gasteiger partial charge in [-0.1, -0.05) is 13.8 Å². The molecule has 1 heterocycles. The second-order valence-electron chi connectivity index (χ2n) is 4.53. The van der Waals surface area contributed by atoms with E-state index in [1.807, 2.05) is 13.8 Å². The first-order valence-electron chi connectivity index (χ1n) is 5.86. The van der Waals surface area contributed by atoms with Gasteiger partial charge in [0.1, 0.15) is 4.88 Å². The third-order valence-corrected chi connectivity index (χ3v) is 3.49. The molecule has 1 rings (SSSR count). The van der Waals surface area contributed by atoms with Crippen molar-refractivity contribution in [3.8, 4) is 0 Å². The number of carboxylic acids is 1. The molecule has 0 aliphatic carbocycles. The summed E-state index contributed by atoms with van der Waals surface area (Å²) in [5.41, 5.74) is 0.538. The Morgan fingerprint density at radius 2 is 2.11 bits per heavy atom. The minimum atomic E-state index is -0.944. The largest absolute Gasteiger partial charge is 0.477 e. The van der Waals surface area contributed by atoms with Gasteiger partial charge in [0.15, 0.2) is 0 Å². The van der Waals surface area contributed by atoms with E-state index in [-0.39, 0.29) is 10.8 Å².